The zero-order valence-electron chi connectivity index (χ0n) is 26.6. The Labute approximate surface area is 274 Å². The Kier molecular flexibility index (Phi) is 13.1. The van der Waals surface area contributed by atoms with Crippen LogP contribution in [0.5, 0.6) is 0 Å². The lowest BCUT2D eigenvalue weighted by Gasteiger charge is -2.33. The number of carbonyl (C=O) groups excluding carboxylic acids is 6. The minimum atomic E-state index is -0.973. The molecule has 1 aromatic rings. The maximum Gasteiger partial charge on any atom is 0.246 e. The number of amides is 5. The van der Waals surface area contributed by atoms with E-state index in [2.05, 4.69) is 26.6 Å². The summed E-state index contributed by atoms with van der Waals surface area (Å²) in [5.74, 6) is -2.16. The minimum absolute atomic E-state index is 0.185. The van der Waals surface area contributed by atoms with E-state index in [1.807, 2.05) is 36.6 Å². The Hall–Kier alpha value is -4.53. The molecule has 3 aliphatic rings. The van der Waals surface area contributed by atoms with Gasteiger partial charge in [-0.25, -0.2) is 0 Å². The summed E-state index contributed by atoms with van der Waals surface area (Å²) in [7, 11) is 0. The Morgan fingerprint density at radius 1 is 0.936 bits per heavy atom. The van der Waals surface area contributed by atoms with Gasteiger partial charge in [-0.05, 0) is 63.5 Å². The Morgan fingerprint density at radius 2 is 1.66 bits per heavy atom. The quantitative estimate of drug-likeness (QED) is 0.0660. The molecule has 0 aliphatic carbocycles. The third kappa shape index (κ3) is 9.98. The van der Waals surface area contributed by atoms with E-state index in [9.17, 15) is 28.8 Å². The summed E-state index contributed by atoms with van der Waals surface area (Å²) in [6.07, 6.45) is 6.38. The van der Waals surface area contributed by atoms with Crippen LogP contribution in [0.15, 0.2) is 30.3 Å². The monoisotopic (exact) mass is 652 g/mol. The van der Waals surface area contributed by atoms with Crippen molar-refractivity contribution in [3.05, 3.63) is 35.9 Å². The zero-order valence-corrected chi connectivity index (χ0v) is 26.6. The average molecular weight is 653 g/mol. The number of hydrogen-bond acceptors (Lipinski definition) is 8. The van der Waals surface area contributed by atoms with Crippen molar-refractivity contribution in [1.82, 2.24) is 36.4 Å². The van der Waals surface area contributed by atoms with Gasteiger partial charge in [0.1, 0.15) is 18.1 Å². The summed E-state index contributed by atoms with van der Waals surface area (Å²) in [5.41, 5.74) is 6.09. The molecule has 4 rings (SSSR count). The van der Waals surface area contributed by atoms with Crippen LogP contribution in [-0.4, -0.2) is 115 Å². The molecule has 3 heterocycles. The maximum atomic E-state index is 14.0. The molecule has 47 heavy (non-hydrogen) atoms. The molecule has 0 unspecified atom stereocenters. The van der Waals surface area contributed by atoms with Gasteiger partial charge in [0, 0.05) is 26.1 Å². The first-order valence-corrected chi connectivity index (χ1v) is 16.4. The van der Waals surface area contributed by atoms with Gasteiger partial charge in [-0.2, -0.15) is 0 Å². The van der Waals surface area contributed by atoms with Crippen molar-refractivity contribution in [2.24, 2.45) is 5.73 Å². The first-order valence-electron chi connectivity index (χ1n) is 16.4. The molecule has 1 radical (unpaired) electrons. The second-order valence-electron chi connectivity index (χ2n) is 12.2. The van der Waals surface area contributed by atoms with Crippen LogP contribution in [0.1, 0.15) is 56.9 Å². The fourth-order valence-electron chi connectivity index (χ4n) is 6.43. The molecular weight excluding hydrogens is 606 g/mol. The summed E-state index contributed by atoms with van der Waals surface area (Å²) in [5, 5.41) is 21.0. The minimum Gasteiger partial charge on any atom is -0.370 e. The number of nitrogens with zero attached hydrogens (tertiary/aromatic N) is 2. The van der Waals surface area contributed by atoms with E-state index >= 15 is 0 Å². The van der Waals surface area contributed by atoms with E-state index in [0.717, 1.165) is 18.5 Å². The number of benzene rings is 1. The second kappa shape index (κ2) is 17.4. The van der Waals surface area contributed by atoms with E-state index in [1.165, 1.54) is 9.80 Å². The maximum absolute atomic E-state index is 14.0. The normalized spacial score (nSPS) is 21.8. The summed E-state index contributed by atoms with van der Waals surface area (Å²) in [6.45, 7) is 1.49. The van der Waals surface area contributed by atoms with E-state index in [1.54, 1.807) is 0 Å². The lowest BCUT2D eigenvalue weighted by atomic mass is 10.0. The van der Waals surface area contributed by atoms with Crippen molar-refractivity contribution >= 4 is 41.8 Å². The van der Waals surface area contributed by atoms with Crippen LogP contribution in [0.3, 0.4) is 0 Å². The molecule has 0 spiro atoms. The number of rotatable bonds is 15. The lowest BCUT2D eigenvalue weighted by Crippen LogP contribution is -2.57. The molecule has 1 aromatic carbocycles. The predicted octanol–water partition coefficient (Wildman–Crippen LogP) is -1.58. The molecule has 15 nitrogen and oxygen atoms in total. The molecule has 0 saturated carbocycles. The van der Waals surface area contributed by atoms with Gasteiger partial charge in [0.05, 0.1) is 18.6 Å². The number of guanidine groups is 1. The number of nitrogens with one attached hydrogen (secondary N) is 6. The summed E-state index contributed by atoms with van der Waals surface area (Å²) in [6, 6.07) is 5.45. The van der Waals surface area contributed by atoms with Crippen LogP contribution in [0, 0.1) is 5.41 Å². The van der Waals surface area contributed by atoms with E-state index < -0.39 is 41.9 Å². The summed E-state index contributed by atoms with van der Waals surface area (Å²) < 4.78 is 0. The Bertz CT molecular complexity index is 1290. The summed E-state index contributed by atoms with van der Waals surface area (Å²) >= 11 is 0. The SMILES string of the molecule is N=C(N)NCCC[C@@H]([C]=O)NC(=O)[C@@H]1CCCN1C(=O)[C@@H]1CCCN1C(=O)[C@H](Cc1ccccc1)NC(=O)CNC(=O)[C@@H]1CCCN1. The molecule has 5 amide bonds. The third-order valence-corrected chi connectivity index (χ3v) is 8.82. The molecule has 0 aromatic heterocycles. The van der Waals surface area contributed by atoms with Crippen LogP contribution < -0.4 is 32.3 Å². The van der Waals surface area contributed by atoms with Crippen LogP contribution in [0.4, 0.5) is 0 Å². The van der Waals surface area contributed by atoms with Gasteiger partial charge in [-0.15, -0.1) is 0 Å². The van der Waals surface area contributed by atoms with E-state index in [-0.39, 0.29) is 43.2 Å². The zero-order chi connectivity index (χ0) is 33.8. The van der Waals surface area contributed by atoms with Crippen molar-refractivity contribution in [2.45, 2.75) is 88.0 Å². The van der Waals surface area contributed by atoms with Gasteiger partial charge in [-0.1, -0.05) is 30.3 Å². The van der Waals surface area contributed by atoms with E-state index in [0.29, 0.717) is 58.2 Å². The molecule has 5 atom stereocenters. The number of likely N-dealkylation sites (tertiary alicyclic amines) is 2. The van der Waals surface area contributed by atoms with Crippen LogP contribution >= 0.6 is 0 Å². The second-order valence-corrected chi connectivity index (χ2v) is 12.2. The molecule has 255 valence electrons. The standard InChI is InChI=1S/C32H46N9O6/c33-32(34)36-15-4-10-22(20-42)38-29(45)25-12-6-16-40(25)31(47)26-13-7-17-41(26)30(46)24(18-21-8-2-1-3-9-21)39-27(43)19-37-28(44)23-11-5-14-35-23/h1-3,8-9,22-26,35H,4-7,10-19H2,(H,37,44)(H,38,45)(H,39,43)(H4,33,34,36)/t22-,23-,24-,25-,26-/m0/s1. The third-order valence-electron chi connectivity index (χ3n) is 8.82. The van der Waals surface area contributed by atoms with Crippen molar-refractivity contribution in [2.75, 3.05) is 32.7 Å². The predicted molar refractivity (Wildman–Crippen MR) is 172 cm³/mol. The van der Waals surface area contributed by atoms with Crippen LogP contribution in [-0.2, 0) is 35.2 Å². The molecule has 0 bridgehead atoms. The molecular formula is C32H46N9O6. The lowest BCUT2D eigenvalue weighted by molar-refractivity contribution is -0.147. The topological polar surface area (TPSA) is 219 Å². The largest absolute Gasteiger partial charge is 0.370 e. The Balaban J connectivity index is 1.39. The van der Waals surface area contributed by atoms with Gasteiger partial charge in [0.15, 0.2) is 5.96 Å². The molecule has 3 saturated heterocycles. The number of carbonyl (C=O) groups is 5. The van der Waals surface area contributed by atoms with Crippen molar-refractivity contribution in [1.29, 1.82) is 5.41 Å². The molecule has 15 heteroatoms. The van der Waals surface area contributed by atoms with Crippen molar-refractivity contribution < 1.29 is 28.8 Å². The van der Waals surface area contributed by atoms with Gasteiger partial charge in [-0.3, -0.25) is 34.2 Å². The smallest absolute Gasteiger partial charge is 0.246 e. The first-order chi connectivity index (χ1) is 22.7. The number of nitrogens with two attached hydrogens (primary N) is 1. The average Bonchev–Trinajstić information content (AvgIpc) is 3.87. The highest BCUT2D eigenvalue weighted by atomic mass is 16.2. The highest BCUT2D eigenvalue weighted by molar-refractivity contribution is 5.96. The summed E-state index contributed by atoms with van der Waals surface area (Å²) in [4.78, 5) is 81.0. The van der Waals surface area contributed by atoms with Gasteiger partial charge in [0.2, 0.25) is 35.8 Å². The van der Waals surface area contributed by atoms with Crippen LogP contribution in [0.2, 0.25) is 0 Å². The number of hydrogen-bond donors (Lipinski definition) is 7. The van der Waals surface area contributed by atoms with Crippen molar-refractivity contribution in [3.63, 3.8) is 0 Å². The van der Waals surface area contributed by atoms with Gasteiger partial charge < -0.3 is 42.1 Å². The van der Waals surface area contributed by atoms with Crippen LogP contribution in [0.25, 0.3) is 0 Å². The molecule has 8 N–H and O–H groups in total. The fraction of sp³-hybridized carbons (Fsp3) is 0.594. The molecule has 3 fully saturated rings. The highest BCUT2D eigenvalue weighted by Crippen LogP contribution is 2.26. The van der Waals surface area contributed by atoms with Gasteiger partial charge >= 0.3 is 0 Å². The first kappa shape index (κ1) is 35.3. The van der Waals surface area contributed by atoms with Crippen molar-refractivity contribution in [3.8, 4) is 0 Å². The molecule has 3 aliphatic heterocycles. The Morgan fingerprint density at radius 3 is 2.34 bits per heavy atom. The fourth-order valence-corrected chi connectivity index (χ4v) is 6.43. The highest BCUT2D eigenvalue weighted by Gasteiger charge is 2.43. The van der Waals surface area contributed by atoms with Gasteiger partial charge in [0.25, 0.3) is 0 Å². The van der Waals surface area contributed by atoms with E-state index in [4.69, 9.17) is 11.1 Å².